The largest absolute Gasteiger partial charge is 0.484 e. The number of aryl methyl sites for hydroxylation is 1. The van der Waals surface area contributed by atoms with Crippen molar-refractivity contribution < 1.29 is 23.1 Å². The zero-order valence-corrected chi connectivity index (χ0v) is 23.0. The van der Waals surface area contributed by atoms with Crippen LogP contribution in [0.1, 0.15) is 19.4 Å². The summed E-state index contributed by atoms with van der Waals surface area (Å²) in [4.78, 5) is 11.5. The number of hydrogen-bond donors (Lipinski definition) is 4. The third-order valence-corrected chi connectivity index (χ3v) is 7.85. The third kappa shape index (κ3) is 6.51. The minimum absolute atomic E-state index is 0.0713. The van der Waals surface area contributed by atoms with Crippen molar-refractivity contribution in [3.8, 4) is 17.0 Å². The van der Waals surface area contributed by atoms with Crippen molar-refractivity contribution in [2.45, 2.75) is 31.2 Å². The predicted octanol–water partition coefficient (Wildman–Crippen LogP) is 3.52. The quantitative estimate of drug-likeness (QED) is 0.235. The molecule has 0 bridgehead atoms. The number of nitrogens with zero attached hydrogens (tertiary/aromatic N) is 2. The lowest BCUT2D eigenvalue weighted by Gasteiger charge is -2.24. The topological polar surface area (TPSA) is 143 Å². The number of fused-ring (bicyclic) bond motifs is 1. The van der Waals surface area contributed by atoms with Gasteiger partial charge in [-0.3, -0.25) is 4.79 Å². The number of amides is 1. The van der Waals surface area contributed by atoms with Crippen LogP contribution in [0.5, 0.6) is 5.75 Å². The molecule has 1 amide bonds. The number of aliphatic hydroxyl groups excluding tert-OH is 1. The SMILES string of the molecule is CNC(=O)COc1ccc(Nc2nnc(-c3ccc(C)c(S(=O)(=O)NC(C)(C)CO)c3)c3ccccc23)cc1. The second kappa shape index (κ2) is 11.4. The number of likely N-dealkylation sites (N-methyl/N-ethyl adjacent to an activating group) is 1. The Hall–Kier alpha value is -4.06. The Morgan fingerprint density at radius 1 is 1.00 bits per heavy atom. The van der Waals surface area contributed by atoms with Crippen LogP contribution >= 0.6 is 0 Å². The van der Waals surface area contributed by atoms with Gasteiger partial charge >= 0.3 is 0 Å². The van der Waals surface area contributed by atoms with Gasteiger partial charge in [-0.25, -0.2) is 13.1 Å². The molecule has 0 atom stereocenters. The van der Waals surface area contributed by atoms with E-state index in [0.717, 1.165) is 16.5 Å². The first-order chi connectivity index (χ1) is 18.5. The van der Waals surface area contributed by atoms with Crippen molar-refractivity contribution in [3.63, 3.8) is 0 Å². The first-order valence-electron chi connectivity index (χ1n) is 12.2. The van der Waals surface area contributed by atoms with E-state index >= 15 is 0 Å². The van der Waals surface area contributed by atoms with Gasteiger partial charge in [-0.2, -0.15) is 0 Å². The number of hydrogen-bond acceptors (Lipinski definition) is 8. The Balaban J connectivity index is 1.66. The molecule has 39 heavy (non-hydrogen) atoms. The van der Waals surface area contributed by atoms with E-state index in [4.69, 9.17) is 4.74 Å². The molecule has 0 aliphatic rings. The minimum atomic E-state index is -3.91. The summed E-state index contributed by atoms with van der Waals surface area (Å²) in [6, 6.07) is 19.8. The molecule has 0 fully saturated rings. The third-order valence-electron chi connectivity index (χ3n) is 6.01. The lowest BCUT2D eigenvalue weighted by atomic mass is 10.0. The van der Waals surface area contributed by atoms with Crippen LogP contribution in [0.3, 0.4) is 0 Å². The number of carbonyl (C=O) groups is 1. The molecule has 3 aromatic carbocycles. The van der Waals surface area contributed by atoms with E-state index in [2.05, 4.69) is 25.6 Å². The molecule has 11 heteroatoms. The van der Waals surface area contributed by atoms with Crippen LogP contribution in [0.2, 0.25) is 0 Å². The Bertz CT molecular complexity index is 1600. The Morgan fingerprint density at radius 3 is 2.36 bits per heavy atom. The van der Waals surface area contributed by atoms with Gasteiger partial charge in [0.05, 0.1) is 17.0 Å². The number of carbonyl (C=O) groups excluding carboxylic acids is 1. The molecule has 0 radical (unpaired) electrons. The van der Waals surface area contributed by atoms with E-state index < -0.39 is 15.6 Å². The summed E-state index contributed by atoms with van der Waals surface area (Å²) in [6.07, 6.45) is 0. The van der Waals surface area contributed by atoms with Gasteiger partial charge in [-0.1, -0.05) is 36.4 Å². The summed E-state index contributed by atoms with van der Waals surface area (Å²) in [5.74, 6) is 0.861. The summed E-state index contributed by atoms with van der Waals surface area (Å²) in [7, 11) is -2.36. The highest BCUT2D eigenvalue weighted by Crippen LogP contribution is 2.33. The molecule has 4 aromatic rings. The number of rotatable bonds is 10. The highest BCUT2D eigenvalue weighted by molar-refractivity contribution is 7.89. The number of aliphatic hydroxyl groups is 1. The second-order valence-corrected chi connectivity index (χ2v) is 11.3. The molecule has 4 rings (SSSR count). The minimum Gasteiger partial charge on any atom is -0.484 e. The van der Waals surface area contributed by atoms with Gasteiger partial charge in [0.2, 0.25) is 10.0 Å². The number of anilines is 2. The van der Waals surface area contributed by atoms with E-state index in [1.165, 1.54) is 0 Å². The molecule has 1 heterocycles. The molecular weight excluding hydrogens is 518 g/mol. The van der Waals surface area contributed by atoms with Crippen molar-refractivity contribution in [1.29, 1.82) is 0 Å². The van der Waals surface area contributed by atoms with Crippen molar-refractivity contribution in [1.82, 2.24) is 20.2 Å². The molecule has 204 valence electrons. The van der Waals surface area contributed by atoms with E-state index in [9.17, 15) is 18.3 Å². The fourth-order valence-electron chi connectivity index (χ4n) is 3.89. The Morgan fingerprint density at radius 2 is 1.69 bits per heavy atom. The average molecular weight is 550 g/mol. The van der Waals surface area contributed by atoms with Gasteiger partial charge in [0.15, 0.2) is 12.4 Å². The molecule has 0 unspecified atom stereocenters. The summed E-state index contributed by atoms with van der Waals surface area (Å²) < 4.78 is 34.3. The van der Waals surface area contributed by atoms with Crippen LogP contribution in [0.4, 0.5) is 11.5 Å². The van der Waals surface area contributed by atoms with Gasteiger partial charge in [-0.15, -0.1) is 10.2 Å². The molecule has 10 nitrogen and oxygen atoms in total. The zero-order valence-electron chi connectivity index (χ0n) is 22.1. The standard InChI is InChI=1S/C28H31N5O5S/c1-18-9-10-19(15-24(18)39(36,37)33-28(2,3)17-34)26-22-7-5-6-8-23(22)27(32-31-26)30-20-11-13-21(14-12-20)38-16-25(35)29-4/h5-15,33-34H,16-17H2,1-4H3,(H,29,35)(H,30,32). The highest BCUT2D eigenvalue weighted by Gasteiger charge is 2.27. The maximum absolute atomic E-state index is 13.1. The molecular formula is C28H31N5O5S. The van der Waals surface area contributed by atoms with E-state index in [1.807, 2.05) is 42.5 Å². The predicted molar refractivity (Wildman–Crippen MR) is 150 cm³/mol. The normalized spacial score (nSPS) is 11.8. The summed E-state index contributed by atoms with van der Waals surface area (Å²) in [5, 5.41) is 25.8. The summed E-state index contributed by atoms with van der Waals surface area (Å²) >= 11 is 0. The van der Waals surface area contributed by atoms with Gasteiger partial charge in [0, 0.05) is 29.1 Å². The van der Waals surface area contributed by atoms with Crippen molar-refractivity contribution in [2.75, 3.05) is 25.6 Å². The van der Waals surface area contributed by atoms with Gasteiger partial charge < -0.3 is 20.5 Å². The number of ether oxygens (including phenoxy) is 1. The monoisotopic (exact) mass is 549 g/mol. The smallest absolute Gasteiger partial charge is 0.257 e. The Labute approximate surface area is 227 Å². The molecule has 0 saturated heterocycles. The second-order valence-electron chi connectivity index (χ2n) is 9.68. The molecule has 0 aliphatic heterocycles. The lowest BCUT2D eigenvalue weighted by Crippen LogP contribution is -2.46. The molecule has 0 aliphatic carbocycles. The van der Waals surface area contributed by atoms with Crippen LogP contribution in [-0.4, -0.2) is 55.4 Å². The van der Waals surface area contributed by atoms with Crippen LogP contribution in [-0.2, 0) is 14.8 Å². The Kier molecular flexibility index (Phi) is 8.14. The maximum Gasteiger partial charge on any atom is 0.257 e. The van der Waals surface area contributed by atoms with E-state index in [1.54, 1.807) is 52.1 Å². The van der Waals surface area contributed by atoms with Crippen molar-refractivity contribution >= 4 is 38.2 Å². The molecule has 0 saturated carbocycles. The molecule has 1 aromatic heterocycles. The van der Waals surface area contributed by atoms with E-state index in [0.29, 0.717) is 28.4 Å². The van der Waals surface area contributed by atoms with Crippen LogP contribution in [0.15, 0.2) is 71.6 Å². The number of nitrogens with one attached hydrogen (secondary N) is 3. The number of benzene rings is 3. The zero-order chi connectivity index (χ0) is 28.2. The van der Waals surface area contributed by atoms with Gasteiger partial charge in [0.1, 0.15) is 11.4 Å². The number of sulfonamides is 1. The van der Waals surface area contributed by atoms with Gasteiger partial charge in [0.25, 0.3) is 5.91 Å². The van der Waals surface area contributed by atoms with Crippen LogP contribution in [0.25, 0.3) is 22.0 Å². The fourth-order valence-corrected chi connectivity index (χ4v) is 5.57. The summed E-state index contributed by atoms with van der Waals surface area (Å²) in [6.45, 7) is 4.52. The summed E-state index contributed by atoms with van der Waals surface area (Å²) in [5.41, 5.74) is 1.42. The molecule has 4 N–H and O–H groups in total. The first kappa shape index (κ1) is 28.0. The van der Waals surface area contributed by atoms with Crippen molar-refractivity contribution in [2.24, 2.45) is 0 Å². The molecule has 0 spiro atoms. The van der Waals surface area contributed by atoms with Gasteiger partial charge in [-0.05, 0) is 56.7 Å². The maximum atomic E-state index is 13.1. The first-order valence-corrected chi connectivity index (χ1v) is 13.7. The fraction of sp³-hybridized carbons (Fsp3) is 0.250. The van der Waals surface area contributed by atoms with E-state index in [-0.39, 0.29) is 24.0 Å². The van der Waals surface area contributed by atoms with Crippen molar-refractivity contribution in [3.05, 3.63) is 72.3 Å². The van der Waals surface area contributed by atoms with Crippen LogP contribution < -0.4 is 20.1 Å². The lowest BCUT2D eigenvalue weighted by molar-refractivity contribution is -0.122. The number of aromatic nitrogens is 2. The highest BCUT2D eigenvalue weighted by atomic mass is 32.2. The van der Waals surface area contributed by atoms with Crippen LogP contribution in [0, 0.1) is 6.92 Å². The average Bonchev–Trinajstić information content (AvgIpc) is 2.92.